The lowest BCUT2D eigenvalue weighted by molar-refractivity contribution is -0.123. The van der Waals surface area contributed by atoms with Crippen LogP contribution in [0, 0.1) is 5.41 Å². The quantitative estimate of drug-likeness (QED) is 0.242. The van der Waals surface area contributed by atoms with Crippen LogP contribution in [0.4, 0.5) is 5.69 Å². The van der Waals surface area contributed by atoms with Gasteiger partial charge in [0.05, 0.1) is 10.6 Å². The van der Waals surface area contributed by atoms with Crippen molar-refractivity contribution in [3.63, 3.8) is 0 Å². The van der Waals surface area contributed by atoms with Gasteiger partial charge < -0.3 is 24.4 Å². The average Bonchev–Trinajstić information content (AvgIpc) is 3.31. The second-order valence-electron chi connectivity index (χ2n) is 9.57. The molecule has 1 heterocycles. The monoisotopic (exact) mass is 534 g/mol. The maximum atomic E-state index is 12.8. The Morgan fingerprint density at radius 3 is 2.00 bits per heavy atom. The fourth-order valence-corrected chi connectivity index (χ4v) is 3.67. The van der Waals surface area contributed by atoms with Crippen LogP contribution in [0.5, 0.6) is 11.5 Å². The highest BCUT2D eigenvalue weighted by molar-refractivity contribution is 6.32. The molecule has 9 heteroatoms. The molecule has 0 unspecified atom stereocenters. The fraction of sp³-hybridized carbons (Fsp3) is 0.207. The van der Waals surface area contributed by atoms with Crippen LogP contribution in [0.2, 0.25) is 5.02 Å². The Morgan fingerprint density at radius 2 is 1.47 bits per heavy atom. The molecule has 3 aromatic carbocycles. The van der Waals surface area contributed by atoms with E-state index in [2.05, 4.69) is 10.5 Å². The van der Waals surface area contributed by atoms with Crippen molar-refractivity contribution < 1.29 is 28.7 Å². The van der Waals surface area contributed by atoms with Gasteiger partial charge in [-0.1, -0.05) is 98.2 Å². The third kappa shape index (κ3) is 6.33. The lowest BCUT2D eigenvalue weighted by Crippen LogP contribution is -2.28. The summed E-state index contributed by atoms with van der Waals surface area (Å²) in [6, 6.07) is 22.3. The fourth-order valence-electron chi connectivity index (χ4n) is 3.45. The average molecular weight is 535 g/mol. The number of hydrogen-bond donors (Lipinski definition) is 2. The molecular formula is C29H27ClN2O6. The first kappa shape index (κ1) is 26.8. The van der Waals surface area contributed by atoms with Gasteiger partial charge in [0.25, 0.3) is 0 Å². The van der Waals surface area contributed by atoms with Crippen molar-refractivity contribution in [3.8, 4) is 22.8 Å². The standard InChI is InChI=1S/C29H27ClN2O6/c1-29(2,3)28(35)31-24-25(27(33)34)32-38-26(24)20-14-21(30)23(37-17-19-12-8-5-9-13-19)15-22(20)36-16-18-10-6-4-7-11-18/h4-15H,16-17H2,1-3H3,(H,31,35)(H,33,34). The van der Waals surface area contributed by atoms with E-state index in [1.54, 1.807) is 32.9 Å². The van der Waals surface area contributed by atoms with E-state index in [0.717, 1.165) is 11.1 Å². The normalized spacial score (nSPS) is 11.2. The number of benzene rings is 3. The molecule has 2 N–H and O–H groups in total. The van der Waals surface area contributed by atoms with Crippen LogP contribution in [0.15, 0.2) is 77.3 Å². The van der Waals surface area contributed by atoms with E-state index in [9.17, 15) is 14.7 Å². The molecular weight excluding hydrogens is 508 g/mol. The number of nitrogens with one attached hydrogen (secondary N) is 1. The zero-order chi connectivity index (χ0) is 27.3. The molecule has 0 aliphatic heterocycles. The van der Waals surface area contributed by atoms with Crippen molar-refractivity contribution in [2.75, 3.05) is 5.32 Å². The maximum Gasteiger partial charge on any atom is 0.360 e. The third-order valence-corrected chi connectivity index (χ3v) is 5.86. The molecule has 4 rings (SSSR count). The first-order chi connectivity index (χ1) is 18.1. The minimum atomic E-state index is -1.36. The molecule has 0 bridgehead atoms. The van der Waals surface area contributed by atoms with Gasteiger partial charge in [-0.05, 0) is 17.2 Å². The van der Waals surface area contributed by atoms with Crippen molar-refractivity contribution in [1.82, 2.24) is 5.16 Å². The number of carbonyl (C=O) groups excluding carboxylic acids is 1. The molecule has 1 aromatic heterocycles. The number of ether oxygens (including phenoxy) is 2. The number of aromatic nitrogens is 1. The predicted molar refractivity (Wildman–Crippen MR) is 144 cm³/mol. The molecule has 8 nitrogen and oxygen atoms in total. The largest absolute Gasteiger partial charge is 0.488 e. The van der Waals surface area contributed by atoms with Crippen molar-refractivity contribution in [2.24, 2.45) is 5.41 Å². The maximum absolute atomic E-state index is 12.8. The number of hydrogen-bond acceptors (Lipinski definition) is 6. The van der Waals surface area contributed by atoms with Gasteiger partial charge in [-0.3, -0.25) is 4.79 Å². The molecule has 1 amide bonds. The van der Waals surface area contributed by atoms with Gasteiger partial charge >= 0.3 is 5.97 Å². The van der Waals surface area contributed by atoms with Crippen LogP contribution in [-0.2, 0) is 18.0 Å². The lowest BCUT2D eigenvalue weighted by Gasteiger charge is -2.18. The van der Waals surface area contributed by atoms with E-state index in [4.69, 9.17) is 25.6 Å². The van der Waals surface area contributed by atoms with E-state index in [1.807, 2.05) is 60.7 Å². The molecule has 0 aliphatic rings. The summed E-state index contributed by atoms with van der Waals surface area (Å²) in [6.07, 6.45) is 0. The van der Waals surface area contributed by atoms with Crippen molar-refractivity contribution in [3.05, 3.63) is 94.6 Å². The SMILES string of the molecule is CC(C)(C)C(=O)Nc1c(C(=O)O)noc1-c1cc(Cl)c(OCc2ccccc2)cc1OCc1ccccc1. The van der Waals surface area contributed by atoms with Crippen LogP contribution >= 0.6 is 11.6 Å². The zero-order valence-electron chi connectivity index (χ0n) is 21.2. The smallest absolute Gasteiger partial charge is 0.360 e. The summed E-state index contributed by atoms with van der Waals surface area (Å²) in [5.74, 6) is -1.10. The minimum Gasteiger partial charge on any atom is -0.488 e. The van der Waals surface area contributed by atoms with Gasteiger partial charge in [0.2, 0.25) is 11.6 Å². The van der Waals surface area contributed by atoms with Crippen molar-refractivity contribution >= 4 is 29.2 Å². The van der Waals surface area contributed by atoms with Crippen molar-refractivity contribution in [1.29, 1.82) is 0 Å². The summed E-state index contributed by atoms with van der Waals surface area (Å²) in [4.78, 5) is 24.7. The molecule has 4 aromatic rings. The Bertz CT molecular complexity index is 1430. The van der Waals surface area contributed by atoms with E-state index >= 15 is 0 Å². The first-order valence-corrected chi connectivity index (χ1v) is 12.2. The highest BCUT2D eigenvalue weighted by atomic mass is 35.5. The number of carbonyl (C=O) groups is 2. The Balaban J connectivity index is 1.76. The van der Waals surface area contributed by atoms with Gasteiger partial charge in [0.1, 0.15) is 30.4 Å². The van der Waals surface area contributed by atoms with Gasteiger partial charge in [-0.2, -0.15) is 0 Å². The Morgan fingerprint density at radius 1 is 0.921 bits per heavy atom. The van der Waals surface area contributed by atoms with Gasteiger partial charge in [0, 0.05) is 11.5 Å². The molecule has 0 atom stereocenters. The summed E-state index contributed by atoms with van der Waals surface area (Å²) >= 11 is 6.59. The summed E-state index contributed by atoms with van der Waals surface area (Å²) in [6.45, 7) is 5.61. The zero-order valence-corrected chi connectivity index (χ0v) is 21.9. The highest BCUT2D eigenvalue weighted by Gasteiger charge is 2.30. The Kier molecular flexibility index (Phi) is 8.02. The van der Waals surface area contributed by atoms with Crippen LogP contribution < -0.4 is 14.8 Å². The molecule has 0 spiro atoms. The second kappa shape index (κ2) is 11.4. The molecule has 0 fully saturated rings. The second-order valence-corrected chi connectivity index (χ2v) is 9.98. The van der Waals surface area contributed by atoms with Gasteiger partial charge in [-0.25, -0.2) is 4.79 Å². The molecule has 0 aliphatic carbocycles. The Labute approximate surface area is 225 Å². The van der Waals surface area contributed by atoms with E-state index in [-0.39, 0.29) is 29.7 Å². The number of anilines is 1. The molecule has 38 heavy (non-hydrogen) atoms. The summed E-state index contributed by atoms with van der Waals surface area (Å²) in [7, 11) is 0. The van der Waals surface area contributed by atoms with Crippen LogP contribution in [0.25, 0.3) is 11.3 Å². The molecule has 0 radical (unpaired) electrons. The van der Waals surface area contributed by atoms with Gasteiger partial charge in [0.15, 0.2) is 5.76 Å². The number of carboxylic acid groups (broad SMARTS) is 1. The summed E-state index contributed by atoms with van der Waals surface area (Å²) in [5, 5.41) is 16.3. The topological polar surface area (TPSA) is 111 Å². The first-order valence-electron chi connectivity index (χ1n) is 11.8. The van der Waals surface area contributed by atoms with Crippen LogP contribution in [-0.4, -0.2) is 22.1 Å². The predicted octanol–water partition coefficient (Wildman–Crippen LogP) is 6.84. The van der Waals surface area contributed by atoms with Crippen LogP contribution in [0.3, 0.4) is 0 Å². The number of nitrogens with zero attached hydrogens (tertiary/aromatic N) is 1. The van der Waals surface area contributed by atoms with E-state index in [0.29, 0.717) is 17.1 Å². The van der Waals surface area contributed by atoms with E-state index in [1.165, 1.54) is 0 Å². The lowest BCUT2D eigenvalue weighted by atomic mass is 9.95. The highest BCUT2D eigenvalue weighted by Crippen LogP contribution is 2.43. The van der Waals surface area contributed by atoms with Crippen LogP contribution in [0.1, 0.15) is 42.4 Å². The summed E-state index contributed by atoms with van der Waals surface area (Å²) in [5.41, 5.74) is 0.840. The molecule has 196 valence electrons. The van der Waals surface area contributed by atoms with Crippen molar-refractivity contribution in [2.45, 2.75) is 34.0 Å². The summed E-state index contributed by atoms with van der Waals surface area (Å²) < 4.78 is 17.6. The minimum absolute atomic E-state index is 0.000397. The number of rotatable bonds is 9. The molecule has 0 saturated heterocycles. The van der Waals surface area contributed by atoms with E-state index < -0.39 is 23.0 Å². The Hall–Kier alpha value is -4.30. The number of halogens is 1. The number of amides is 1. The molecule has 0 saturated carbocycles. The van der Waals surface area contributed by atoms with Gasteiger partial charge in [-0.15, -0.1) is 0 Å². The number of carboxylic acids is 1. The number of aromatic carboxylic acids is 1. The third-order valence-electron chi connectivity index (χ3n) is 5.57.